The Balaban J connectivity index is 1.30. The lowest BCUT2D eigenvalue weighted by Crippen LogP contribution is -2.28. The number of nitrogens with one attached hydrogen (secondary N) is 1. The van der Waals surface area contributed by atoms with E-state index in [1.54, 1.807) is 25.6 Å². The molecule has 0 bridgehead atoms. The number of thioether (sulfide) groups is 1. The van der Waals surface area contributed by atoms with Crippen LogP contribution in [-0.2, 0) is 31.0 Å². The molecule has 2 heterocycles. The Hall–Kier alpha value is -2.59. The molecule has 5 rings (SSSR count). The van der Waals surface area contributed by atoms with E-state index >= 15 is 0 Å². The normalized spacial score (nSPS) is 24.1. The summed E-state index contributed by atoms with van der Waals surface area (Å²) in [7, 11) is 0. The number of hydrogen-bond donors (Lipinski definition) is 3. The minimum Gasteiger partial charge on any atom is -0.481 e. The number of ether oxygens (including phenoxy) is 3. The van der Waals surface area contributed by atoms with Gasteiger partial charge in [-0.1, -0.05) is 36.4 Å². The van der Waals surface area contributed by atoms with Crippen LogP contribution in [0.2, 0.25) is 0 Å². The van der Waals surface area contributed by atoms with Crippen LogP contribution in [0.1, 0.15) is 67.9 Å². The second-order valence-corrected chi connectivity index (χ2v) is 13.0. The fourth-order valence-electron chi connectivity index (χ4n) is 5.62. The van der Waals surface area contributed by atoms with E-state index in [2.05, 4.69) is 5.32 Å². The Morgan fingerprint density at radius 2 is 1.97 bits per heavy atom. The molecule has 0 aromatic heterocycles. The summed E-state index contributed by atoms with van der Waals surface area (Å²) in [5.41, 5.74) is 2.65. The van der Waals surface area contributed by atoms with E-state index in [1.807, 2.05) is 48.5 Å². The summed E-state index contributed by atoms with van der Waals surface area (Å²) in [5.74, 6) is -0.714. The van der Waals surface area contributed by atoms with Crippen molar-refractivity contribution in [1.29, 1.82) is 0 Å². The van der Waals surface area contributed by atoms with Gasteiger partial charge in [-0.05, 0) is 74.8 Å². The van der Waals surface area contributed by atoms with Crippen LogP contribution in [-0.4, -0.2) is 52.6 Å². The fourth-order valence-corrected chi connectivity index (χ4v) is 7.28. The van der Waals surface area contributed by atoms with E-state index < -0.39 is 17.7 Å². The highest BCUT2D eigenvalue weighted by molar-refractivity contribution is 8.01. The Morgan fingerprint density at radius 3 is 2.72 bits per heavy atom. The fraction of sp³-hybridized carbons (Fsp3) is 0.533. The van der Waals surface area contributed by atoms with Crippen molar-refractivity contribution in [1.82, 2.24) is 0 Å². The van der Waals surface area contributed by atoms with Crippen molar-refractivity contribution in [3.63, 3.8) is 0 Å². The van der Waals surface area contributed by atoms with E-state index in [-0.39, 0.29) is 34.7 Å². The SMILES string of the molecule is CC(C)(O)c1ccccc1CC[C@H](SC1(CC(=O)O)CC1)c1cccc(NC(=O)OC2CO[C@H]3OCC[C@@H]23)c1. The Kier molecular flexibility index (Phi) is 8.24. The van der Waals surface area contributed by atoms with Crippen LogP contribution in [0.3, 0.4) is 0 Å². The number of aliphatic carboxylic acids is 1. The summed E-state index contributed by atoms with van der Waals surface area (Å²) in [6, 6.07) is 15.6. The smallest absolute Gasteiger partial charge is 0.411 e. The van der Waals surface area contributed by atoms with Crippen LogP contribution in [0, 0.1) is 5.92 Å². The third-order valence-electron chi connectivity index (χ3n) is 7.77. The monoisotopic (exact) mass is 555 g/mol. The number of aryl methyl sites for hydroxylation is 1. The van der Waals surface area contributed by atoms with E-state index in [0.717, 1.165) is 48.8 Å². The number of anilines is 1. The van der Waals surface area contributed by atoms with Crippen molar-refractivity contribution >= 4 is 29.5 Å². The van der Waals surface area contributed by atoms with Gasteiger partial charge < -0.3 is 24.4 Å². The van der Waals surface area contributed by atoms with Gasteiger partial charge >= 0.3 is 12.1 Å². The van der Waals surface area contributed by atoms with Gasteiger partial charge in [0, 0.05) is 15.7 Å². The summed E-state index contributed by atoms with van der Waals surface area (Å²) in [5, 5.41) is 23.1. The van der Waals surface area contributed by atoms with Crippen LogP contribution in [0.5, 0.6) is 0 Å². The van der Waals surface area contributed by atoms with Gasteiger partial charge in [0.15, 0.2) is 6.29 Å². The lowest BCUT2D eigenvalue weighted by atomic mass is 9.90. The first-order valence-corrected chi connectivity index (χ1v) is 14.5. The molecule has 2 saturated heterocycles. The Labute approximate surface area is 233 Å². The van der Waals surface area contributed by atoms with Crippen LogP contribution >= 0.6 is 11.8 Å². The molecule has 3 fully saturated rings. The summed E-state index contributed by atoms with van der Waals surface area (Å²) in [6.07, 6.45) is 3.04. The predicted octanol–water partition coefficient (Wildman–Crippen LogP) is 5.64. The lowest BCUT2D eigenvalue weighted by Gasteiger charge is -2.25. The van der Waals surface area contributed by atoms with Crippen LogP contribution in [0.15, 0.2) is 48.5 Å². The van der Waals surface area contributed by atoms with Crippen molar-refractivity contribution in [2.24, 2.45) is 5.92 Å². The molecule has 0 spiro atoms. The van der Waals surface area contributed by atoms with Crippen molar-refractivity contribution in [2.45, 2.75) is 80.4 Å². The van der Waals surface area contributed by atoms with Crippen LogP contribution in [0.4, 0.5) is 10.5 Å². The third-order valence-corrected chi connectivity index (χ3v) is 9.62. The zero-order valence-electron chi connectivity index (χ0n) is 22.4. The Bertz CT molecular complexity index is 1190. The van der Waals surface area contributed by atoms with Gasteiger partial charge in [-0.15, -0.1) is 11.8 Å². The number of rotatable bonds is 11. The molecule has 0 radical (unpaired) electrons. The average molecular weight is 556 g/mol. The van der Waals surface area contributed by atoms with Crippen LogP contribution < -0.4 is 5.32 Å². The summed E-state index contributed by atoms with van der Waals surface area (Å²) in [4.78, 5) is 24.3. The van der Waals surface area contributed by atoms with Crippen molar-refractivity contribution < 1.29 is 34.0 Å². The van der Waals surface area contributed by atoms with E-state index in [0.29, 0.717) is 18.9 Å². The molecule has 4 atom stereocenters. The molecule has 8 nitrogen and oxygen atoms in total. The molecular formula is C30H37NO7S. The zero-order valence-corrected chi connectivity index (χ0v) is 23.2. The maximum absolute atomic E-state index is 12.7. The van der Waals surface area contributed by atoms with E-state index in [4.69, 9.17) is 14.2 Å². The highest BCUT2D eigenvalue weighted by Crippen LogP contribution is 2.57. The van der Waals surface area contributed by atoms with Gasteiger partial charge in [0.05, 0.1) is 31.2 Å². The number of amides is 1. The van der Waals surface area contributed by atoms with Crippen molar-refractivity contribution in [3.05, 3.63) is 65.2 Å². The molecule has 39 heavy (non-hydrogen) atoms. The highest BCUT2D eigenvalue weighted by atomic mass is 32.2. The lowest BCUT2D eigenvalue weighted by molar-refractivity contribution is -0.137. The quantitative estimate of drug-likeness (QED) is 0.327. The largest absolute Gasteiger partial charge is 0.481 e. The molecule has 1 amide bonds. The van der Waals surface area contributed by atoms with Gasteiger partial charge in [0.2, 0.25) is 0 Å². The summed E-state index contributed by atoms with van der Waals surface area (Å²) < 4.78 is 16.5. The molecule has 1 aliphatic carbocycles. The molecule has 3 N–H and O–H groups in total. The second-order valence-electron chi connectivity index (χ2n) is 11.3. The first-order chi connectivity index (χ1) is 18.6. The number of benzene rings is 2. The molecular weight excluding hydrogens is 518 g/mol. The standard InChI is InChI=1S/C30H37NO7S/c1-29(2,35)23-9-4-3-6-19(23)10-11-25(39-30(13-14-30)17-26(32)33)20-7-5-8-21(16-20)31-28(34)38-24-18-37-27-22(24)12-15-36-27/h3-9,16,22,24-25,27,35H,10-15,17-18H2,1-2H3,(H,31,34)(H,32,33)/t22-,24?,25-,27+/m0/s1. The van der Waals surface area contributed by atoms with Gasteiger partial charge in [-0.3, -0.25) is 10.1 Å². The molecule has 3 aliphatic rings. The number of carboxylic acids is 1. The maximum Gasteiger partial charge on any atom is 0.411 e. The molecule has 9 heteroatoms. The number of carboxylic acid groups (broad SMARTS) is 1. The first kappa shape index (κ1) is 28.0. The molecule has 1 saturated carbocycles. The third kappa shape index (κ3) is 6.95. The van der Waals surface area contributed by atoms with Gasteiger partial charge in [0.1, 0.15) is 6.10 Å². The van der Waals surface area contributed by atoms with E-state index in [1.165, 1.54) is 0 Å². The molecule has 210 valence electrons. The number of carbonyl (C=O) groups excluding carboxylic acids is 1. The molecule has 2 aromatic carbocycles. The first-order valence-electron chi connectivity index (χ1n) is 13.6. The van der Waals surface area contributed by atoms with Gasteiger partial charge in [-0.25, -0.2) is 4.79 Å². The number of fused-ring (bicyclic) bond motifs is 1. The molecule has 1 unspecified atom stereocenters. The van der Waals surface area contributed by atoms with Gasteiger partial charge in [0.25, 0.3) is 0 Å². The maximum atomic E-state index is 12.7. The van der Waals surface area contributed by atoms with E-state index in [9.17, 15) is 19.8 Å². The average Bonchev–Trinajstić information content (AvgIpc) is 3.28. The number of carbonyl (C=O) groups is 2. The zero-order chi connectivity index (χ0) is 27.6. The minimum absolute atomic E-state index is 0.0131. The molecule has 2 aromatic rings. The highest BCUT2D eigenvalue weighted by Gasteiger charge is 2.47. The topological polar surface area (TPSA) is 114 Å². The summed E-state index contributed by atoms with van der Waals surface area (Å²) in [6.45, 7) is 4.52. The second kappa shape index (κ2) is 11.5. The Morgan fingerprint density at radius 1 is 1.18 bits per heavy atom. The number of hydrogen-bond acceptors (Lipinski definition) is 7. The predicted molar refractivity (Wildman–Crippen MR) is 149 cm³/mol. The summed E-state index contributed by atoms with van der Waals surface area (Å²) >= 11 is 1.72. The van der Waals surface area contributed by atoms with Crippen molar-refractivity contribution in [3.8, 4) is 0 Å². The molecule has 2 aliphatic heterocycles. The van der Waals surface area contributed by atoms with Crippen molar-refractivity contribution in [2.75, 3.05) is 18.5 Å². The minimum atomic E-state index is -0.959. The number of aliphatic hydroxyl groups is 1. The van der Waals surface area contributed by atoms with Gasteiger partial charge in [-0.2, -0.15) is 0 Å². The van der Waals surface area contributed by atoms with Crippen LogP contribution in [0.25, 0.3) is 0 Å².